The Kier molecular flexibility index (Phi) is 4.64. The Hall–Kier alpha value is -1.71. The van der Waals surface area contributed by atoms with Gasteiger partial charge in [0.15, 0.2) is 0 Å². The van der Waals surface area contributed by atoms with Crippen molar-refractivity contribution in [2.75, 3.05) is 26.0 Å². The molecule has 88 valence electrons. The number of para-hydroxylation sites is 1. The summed E-state index contributed by atoms with van der Waals surface area (Å²) in [7, 11) is 3.11. The van der Waals surface area contributed by atoms with Crippen molar-refractivity contribution in [3.05, 3.63) is 30.3 Å². The number of anilines is 1. The van der Waals surface area contributed by atoms with Gasteiger partial charge in [0.1, 0.15) is 0 Å². The standard InChI is InChI=1S/C12H18N2O2/c1-10(14(2)12(15)16-3)9-13-11-7-5-4-6-8-11/h4-8,10,13H,9H2,1-3H3. The lowest BCUT2D eigenvalue weighted by atomic mass is 10.2. The highest BCUT2D eigenvalue weighted by Gasteiger charge is 2.15. The van der Waals surface area contributed by atoms with E-state index < -0.39 is 0 Å². The molecular formula is C12H18N2O2. The summed E-state index contributed by atoms with van der Waals surface area (Å²) >= 11 is 0. The van der Waals surface area contributed by atoms with Crippen molar-refractivity contribution in [2.45, 2.75) is 13.0 Å². The Bertz CT molecular complexity index is 327. The Morgan fingerprint density at radius 3 is 2.62 bits per heavy atom. The van der Waals surface area contributed by atoms with Crippen molar-refractivity contribution >= 4 is 11.8 Å². The average molecular weight is 222 g/mol. The molecule has 1 atom stereocenters. The minimum atomic E-state index is -0.317. The van der Waals surface area contributed by atoms with Gasteiger partial charge in [0.25, 0.3) is 0 Å². The molecule has 1 aromatic rings. The van der Waals surface area contributed by atoms with Gasteiger partial charge in [-0.1, -0.05) is 18.2 Å². The summed E-state index contributed by atoms with van der Waals surface area (Å²) in [5, 5.41) is 3.25. The largest absolute Gasteiger partial charge is 0.453 e. The Morgan fingerprint density at radius 2 is 2.06 bits per heavy atom. The third kappa shape index (κ3) is 3.46. The first-order valence-electron chi connectivity index (χ1n) is 5.25. The molecule has 16 heavy (non-hydrogen) atoms. The summed E-state index contributed by atoms with van der Waals surface area (Å²) in [6.07, 6.45) is -0.317. The van der Waals surface area contributed by atoms with E-state index in [1.807, 2.05) is 37.3 Å². The molecule has 0 saturated heterocycles. The molecule has 1 rings (SSSR count). The maximum atomic E-state index is 11.2. The van der Waals surface area contributed by atoms with Gasteiger partial charge < -0.3 is 15.0 Å². The number of ether oxygens (including phenoxy) is 1. The molecule has 0 aliphatic carbocycles. The third-order valence-electron chi connectivity index (χ3n) is 2.50. The molecule has 1 N–H and O–H groups in total. The fourth-order valence-corrected chi connectivity index (χ4v) is 1.28. The summed E-state index contributed by atoms with van der Waals surface area (Å²) in [5.41, 5.74) is 1.05. The van der Waals surface area contributed by atoms with Crippen LogP contribution >= 0.6 is 0 Å². The van der Waals surface area contributed by atoms with Crippen LogP contribution in [0.15, 0.2) is 30.3 Å². The molecule has 1 aromatic carbocycles. The van der Waals surface area contributed by atoms with E-state index in [1.165, 1.54) is 7.11 Å². The van der Waals surface area contributed by atoms with E-state index in [0.717, 1.165) is 5.69 Å². The molecule has 4 heteroatoms. The van der Waals surface area contributed by atoms with E-state index in [-0.39, 0.29) is 12.1 Å². The Balaban J connectivity index is 2.41. The Morgan fingerprint density at radius 1 is 1.44 bits per heavy atom. The number of carbonyl (C=O) groups is 1. The van der Waals surface area contributed by atoms with Crippen LogP contribution in [0.5, 0.6) is 0 Å². The van der Waals surface area contributed by atoms with Gasteiger partial charge >= 0.3 is 6.09 Å². The van der Waals surface area contributed by atoms with E-state index in [1.54, 1.807) is 11.9 Å². The molecule has 0 aromatic heterocycles. The zero-order valence-electron chi connectivity index (χ0n) is 9.93. The second-order valence-corrected chi connectivity index (χ2v) is 3.68. The number of rotatable bonds is 4. The van der Waals surface area contributed by atoms with Gasteiger partial charge in [0.2, 0.25) is 0 Å². The van der Waals surface area contributed by atoms with Crippen LogP contribution in [0.1, 0.15) is 6.92 Å². The molecule has 0 heterocycles. The zero-order chi connectivity index (χ0) is 12.0. The lowest BCUT2D eigenvalue weighted by Crippen LogP contribution is -2.39. The maximum absolute atomic E-state index is 11.2. The number of methoxy groups -OCH3 is 1. The SMILES string of the molecule is COC(=O)N(C)C(C)CNc1ccccc1. The fourth-order valence-electron chi connectivity index (χ4n) is 1.28. The number of benzene rings is 1. The Labute approximate surface area is 96.2 Å². The second-order valence-electron chi connectivity index (χ2n) is 3.68. The predicted octanol–water partition coefficient (Wildman–Crippen LogP) is 2.19. The van der Waals surface area contributed by atoms with E-state index in [2.05, 4.69) is 10.1 Å². The summed E-state index contributed by atoms with van der Waals surface area (Å²) in [5.74, 6) is 0. The molecule has 1 unspecified atom stereocenters. The number of hydrogen-bond donors (Lipinski definition) is 1. The van der Waals surface area contributed by atoms with Crippen LogP contribution in [-0.4, -0.2) is 37.7 Å². The molecule has 0 bridgehead atoms. The molecule has 0 radical (unpaired) electrons. The van der Waals surface area contributed by atoms with Crippen molar-refractivity contribution in [2.24, 2.45) is 0 Å². The smallest absolute Gasteiger partial charge is 0.409 e. The second kappa shape index (κ2) is 6.00. The van der Waals surface area contributed by atoms with Crippen molar-refractivity contribution in [3.8, 4) is 0 Å². The van der Waals surface area contributed by atoms with E-state index in [0.29, 0.717) is 6.54 Å². The minimum Gasteiger partial charge on any atom is -0.453 e. The van der Waals surface area contributed by atoms with Gasteiger partial charge in [-0.2, -0.15) is 0 Å². The fraction of sp³-hybridized carbons (Fsp3) is 0.417. The molecule has 0 aliphatic rings. The van der Waals surface area contributed by atoms with Crippen LogP contribution < -0.4 is 5.32 Å². The van der Waals surface area contributed by atoms with Crippen LogP contribution in [-0.2, 0) is 4.74 Å². The van der Waals surface area contributed by atoms with Gasteiger partial charge in [0.05, 0.1) is 7.11 Å². The molecule has 0 fully saturated rings. The predicted molar refractivity (Wildman–Crippen MR) is 64.6 cm³/mol. The van der Waals surface area contributed by atoms with Crippen molar-refractivity contribution in [1.29, 1.82) is 0 Å². The number of likely N-dealkylation sites (N-methyl/N-ethyl adjacent to an activating group) is 1. The van der Waals surface area contributed by atoms with Crippen LogP contribution in [0.3, 0.4) is 0 Å². The first kappa shape index (κ1) is 12.4. The molecule has 0 spiro atoms. The van der Waals surface area contributed by atoms with Crippen LogP contribution in [0.25, 0.3) is 0 Å². The number of carbonyl (C=O) groups excluding carboxylic acids is 1. The minimum absolute atomic E-state index is 0.0765. The number of nitrogens with one attached hydrogen (secondary N) is 1. The van der Waals surface area contributed by atoms with Crippen molar-refractivity contribution < 1.29 is 9.53 Å². The van der Waals surface area contributed by atoms with Crippen LogP contribution in [0.4, 0.5) is 10.5 Å². The van der Waals surface area contributed by atoms with Crippen LogP contribution in [0.2, 0.25) is 0 Å². The van der Waals surface area contributed by atoms with E-state index in [4.69, 9.17) is 0 Å². The molecular weight excluding hydrogens is 204 g/mol. The highest BCUT2D eigenvalue weighted by atomic mass is 16.5. The lowest BCUT2D eigenvalue weighted by Gasteiger charge is -2.24. The van der Waals surface area contributed by atoms with Gasteiger partial charge in [-0.25, -0.2) is 4.79 Å². The van der Waals surface area contributed by atoms with Crippen molar-refractivity contribution in [1.82, 2.24) is 4.90 Å². The van der Waals surface area contributed by atoms with Gasteiger partial charge in [-0.3, -0.25) is 0 Å². The first-order chi connectivity index (χ1) is 7.65. The van der Waals surface area contributed by atoms with E-state index >= 15 is 0 Å². The van der Waals surface area contributed by atoms with Gasteiger partial charge in [-0.05, 0) is 19.1 Å². The topological polar surface area (TPSA) is 41.6 Å². The number of amides is 1. The van der Waals surface area contributed by atoms with Crippen molar-refractivity contribution in [3.63, 3.8) is 0 Å². The lowest BCUT2D eigenvalue weighted by molar-refractivity contribution is 0.122. The van der Waals surface area contributed by atoms with E-state index in [9.17, 15) is 4.79 Å². The molecule has 4 nitrogen and oxygen atoms in total. The number of nitrogens with zero attached hydrogens (tertiary/aromatic N) is 1. The number of hydrogen-bond acceptors (Lipinski definition) is 3. The van der Waals surface area contributed by atoms with Crippen LogP contribution in [0, 0.1) is 0 Å². The normalized spacial score (nSPS) is 11.7. The summed E-state index contributed by atoms with van der Waals surface area (Å²) < 4.78 is 4.64. The highest BCUT2D eigenvalue weighted by molar-refractivity contribution is 5.67. The van der Waals surface area contributed by atoms with Gasteiger partial charge in [0, 0.05) is 25.3 Å². The zero-order valence-corrected chi connectivity index (χ0v) is 9.93. The highest BCUT2D eigenvalue weighted by Crippen LogP contribution is 2.06. The molecule has 0 aliphatic heterocycles. The first-order valence-corrected chi connectivity index (χ1v) is 5.25. The molecule has 1 amide bonds. The summed E-state index contributed by atoms with van der Waals surface area (Å²) in [6, 6.07) is 9.96. The monoisotopic (exact) mass is 222 g/mol. The average Bonchev–Trinajstić information content (AvgIpc) is 2.35. The maximum Gasteiger partial charge on any atom is 0.409 e. The summed E-state index contributed by atoms with van der Waals surface area (Å²) in [4.78, 5) is 12.8. The summed E-state index contributed by atoms with van der Waals surface area (Å²) in [6.45, 7) is 2.66. The third-order valence-corrected chi connectivity index (χ3v) is 2.50. The van der Waals surface area contributed by atoms with Gasteiger partial charge in [-0.15, -0.1) is 0 Å². The molecule has 0 saturated carbocycles. The quantitative estimate of drug-likeness (QED) is 0.849.